The molecule has 0 aliphatic carbocycles. The largest absolute Gasteiger partial charge is 0.573 e. The van der Waals surface area contributed by atoms with E-state index in [0.29, 0.717) is 6.07 Å². The quantitative estimate of drug-likeness (QED) is 0.369. The molecule has 2 amide bonds. The molecule has 0 radical (unpaired) electrons. The molecule has 0 spiro atoms. The molecule has 38 heavy (non-hydrogen) atoms. The Balaban J connectivity index is 2.08. The Morgan fingerprint density at radius 2 is 1.76 bits per heavy atom. The maximum atomic E-state index is 14.5. The summed E-state index contributed by atoms with van der Waals surface area (Å²) in [5, 5.41) is 21.3. The first-order valence-electron chi connectivity index (χ1n) is 10.9. The van der Waals surface area contributed by atoms with E-state index >= 15 is 0 Å². The Morgan fingerprint density at radius 3 is 2.29 bits per heavy atom. The lowest BCUT2D eigenvalue weighted by Gasteiger charge is -2.27. The number of fused-ring (bicyclic) bond motifs is 1. The van der Waals surface area contributed by atoms with Gasteiger partial charge in [-0.15, -0.1) is 13.2 Å². The number of nitrogens with zero attached hydrogens (tertiary/aromatic N) is 1. The zero-order chi connectivity index (χ0) is 28.6. The Kier molecular flexibility index (Phi) is 8.01. The van der Waals surface area contributed by atoms with Crippen molar-refractivity contribution in [2.24, 2.45) is 0 Å². The normalized spacial score (nSPS) is 17.3. The topological polar surface area (TPSA) is 142 Å². The lowest BCUT2D eigenvalue weighted by molar-refractivity contribution is -0.274. The third-order valence-electron chi connectivity index (χ3n) is 5.12. The summed E-state index contributed by atoms with van der Waals surface area (Å²) >= 11 is 0. The van der Waals surface area contributed by atoms with Crippen molar-refractivity contribution in [2.75, 3.05) is 10.7 Å². The molecule has 1 heterocycles. The highest BCUT2D eigenvalue weighted by molar-refractivity contribution is 7.91. The number of hydrogen-bond donors (Lipinski definition) is 3. The number of alkyl halides is 3. The number of alkyl carbamates (subject to hydrolysis) is 1. The van der Waals surface area contributed by atoms with Crippen molar-refractivity contribution in [3.8, 4) is 5.75 Å². The van der Waals surface area contributed by atoms with E-state index in [1.807, 2.05) is 0 Å². The molecule has 16 heteroatoms. The second kappa shape index (κ2) is 10.4. The number of hydrogen-bond acceptors (Lipinski definition) is 8. The van der Waals surface area contributed by atoms with Crippen LogP contribution in [-0.4, -0.2) is 61.3 Å². The van der Waals surface area contributed by atoms with Gasteiger partial charge < -0.3 is 29.7 Å². The van der Waals surface area contributed by atoms with Gasteiger partial charge in [-0.2, -0.15) is 0 Å². The molecule has 206 valence electrons. The molecule has 1 aliphatic heterocycles. The SMILES string of the molecule is CC(C)(C)OC(=O)N[C@H]1CS(=O)(=O)c2cc(F)c(B(O)O)cc2N(Cc2ccc(OC(F)(F)F)cc2)C1=O. The number of carbonyl (C=O) groups is 2. The van der Waals surface area contributed by atoms with Crippen LogP contribution in [0, 0.1) is 5.82 Å². The van der Waals surface area contributed by atoms with Crippen LogP contribution in [0.3, 0.4) is 0 Å². The van der Waals surface area contributed by atoms with Crippen LogP contribution in [0.4, 0.5) is 28.0 Å². The zero-order valence-corrected chi connectivity index (χ0v) is 21.1. The van der Waals surface area contributed by atoms with Crippen LogP contribution in [0.25, 0.3) is 0 Å². The number of carbonyl (C=O) groups excluding carboxylic acids is 2. The maximum Gasteiger partial charge on any atom is 0.573 e. The minimum absolute atomic E-state index is 0.199. The number of rotatable bonds is 5. The zero-order valence-electron chi connectivity index (χ0n) is 20.2. The smallest absolute Gasteiger partial charge is 0.444 e. The van der Waals surface area contributed by atoms with Crippen molar-refractivity contribution in [1.82, 2.24) is 5.32 Å². The number of benzene rings is 2. The molecule has 0 saturated heterocycles. The van der Waals surface area contributed by atoms with Crippen molar-refractivity contribution in [3.05, 3.63) is 47.8 Å². The van der Waals surface area contributed by atoms with Crippen molar-refractivity contribution >= 4 is 40.1 Å². The Labute approximate surface area is 215 Å². The molecule has 0 bridgehead atoms. The van der Waals surface area contributed by atoms with Gasteiger partial charge in [0.25, 0.3) is 5.91 Å². The van der Waals surface area contributed by atoms with Crippen LogP contribution in [-0.2, 0) is 25.9 Å². The molecule has 2 aromatic carbocycles. The molecule has 0 unspecified atom stereocenters. The molecular formula is C22H23BF4N2O8S. The number of sulfone groups is 1. The van der Waals surface area contributed by atoms with E-state index in [1.54, 1.807) is 0 Å². The van der Waals surface area contributed by atoms with Crippen LogP contribution >= 0.6 is 0 Å². The predicted molar refractivity (Wildman–Crippen MR) is 126 cm³/mol. The summed E-state index contributed by atoms with van der Waals surface area (Å²) in [4.78, 5) is 26.0. The molecule has 10 nitrogen and oxygen atoms in total. The van der Waals surface area contributed by atoms with Gasteiger partial charge >= 0.3 is 19.6 Å². The van der Waals surface area contributed by atoms with Gasteiger partial charge in [-0.3, -0.25) is 4.79 Å². The molecule has 0 aromatic heterocycles. The first-order valence-corrected chi connectivity index (χ1v) is 12.6. The Bertz CT molecular complexity index is 1330. The highest BCUT2D eigenvalue weighted by Crippen LogP contribution is 2.33. The van der Waals surface area contributed by atoms with E-state index < -0.39 is 86.9 Å². The van der Waals surface area contributed by atoms with Gasteiger partial charge in [0.2, 0.25) is 0 Å². The monoisotopic (exact) mass is 562 g/mol. The fourth-order valence-electron chi connectivity index (χ4n) is 3.60. The van der Waals surface area contributed by atoms with Crippen LogP contribution < -0.4 is 20.4 Å². The highest BCUT2D eigenvalue weighted by atomic mass is 32.2. The molecule has 0 saturated carbocycles. The summed E-state index contributed by atoms with van der Waals surface area (Å²) in [5.41, 5.74) is -1.95. The van der Waals surface area contributed by atoms with E-state index in [2.05, 4.69) is 10.1 Å². The highest BCUT2D eigenvalue weighted by Gasteiger charge is 2.41. The average molecular weight is 562 g/mol. The minimum Gasteiger partial charge on any atom is -0.444 e. The Hall–Kier alpha value is -3.37. The summed E-state index contributed by atoms with van der Waals surface area (Å²) in [6.07, 6.45) is -6.05. The van der Waals surface area contributed by atoms with Crippen molar-refractivity contribution in [3.63, 3.8) is 0 Å². The first-order chi connectivity index (χ1) is 17.4. The second-order valence-electron chi connectivity index (χ2n) is 9.31. The lowest BCUT2D eigenvalue weighted by atomic mass is 9.79. The maximum absolute atomic E-state index is 14.5. The molecule has 2 aromatic rings. The third kappa shape index (κ3) is 7.14. The van der Waals surface area contributed by atoms with E-state index in [1.165, 1.54) is 32.9 Å². The van der Waals surface area contributed by atoms with Gasteiger partial charge in [-0.1, -0.05) is 12.1 Å². The summed E-state index contributed by atoms with van der Waals surface area (Å²) in [6, 6.07) is 3.86. The van der Waals surface area contributed by atoms with E-state index in [-0.39, 0.29) is 5.56 Å². The molecule has 1 aliphatic rings. The van der Waals surface area contributed by atoms with Gasteiger partial charge in [0.1, 0.15) is 23.2 Å². The van der Waals surface area contributed by atoms with Gasteiger partial charge in [0.05, 0.1) is 22.9 Å². The van der Waals surface area contributed by atoms with E-state index in [9.17, 15) is 45.6 Å². The second-order valence-corrected chi connectivity index (χ2v) is 11.3. The Morgan fingerprint density at radius 1 is 1.16 bits per heavy atom. The number of ether oxygens (including phenoxy) is 2. The van der Waals surface area contributed by atoms with Crippen LogP contribution in [0.2, 0.25) is 0 Å². The molecule has 1 atom stereocenters. The summed E-state index contributed by atoms with van der Waals surface area (Å²) in [7, 11) is -6.81. The van der Waals surface area contributed by atoms with Crippen molar-refractivity contribution < 1.29 is 55.1 Å². The molecule has 3 N–H and O–H groups in total. The van der Waals surface area contributed by atoms with Gasteiger partial charge in [0.15, 0.2) is 9.84 Å². The van der Waals surface area contributed by atoms with E-state index in [0.717, 1.165) is 23.1 Å². The van der Waals surface area contributed by atoms with Crippen LogP contribution in [0.1, 0.15) is 26.3 Å². The summed E-state index contributed by atoms with van der Waals surface area (Å²) in [5.74, 6) is -3.79. The van der Waals surface area contributed by atoms with Crippen LogP contribution in [0.5, 0.6) is 5.75 Å². The van der Waals surface area contributed by atoms with Gasteiger partial charge in [-0.05, 0) is 50.6 Å². The molecule has 3 rings (SSSR count). The fraction of sp³-hybridized carbons (Fsp3) is 0.364. The van der Waals surface area contributed by atoms with Crippen LogP contribution in [0.15, 0.2) is 41.3 Å². The molecule has 0 fully saturated rings. The predicted octanol–water partition coefficient (Wildman–Crippen LogP) is 1.62. The summed E-state index contributed by atoms with van der Waals surface area (Å²) in [6.45, 7) is 4.16. The average Bonchev–Trinajstić information content (AvgIpc) is 2.81. The minimum atomic E-state index is -4.94. The fourth-order valence-corrected chi connectivity index (χ4v) is 5.22. The first kappa shape index (κ1) is 29.2. The van der Waals surface area contributed by atoms with Crippen molar-refractivity contribution in [2.45, 2.75) is 50.2 Å². The number of amides is 2. The molecular weight excluding hydrogens is 539 g/mol. The standard InChI is InChI=1S/C22H23BF4N2O8S/c1-21(2,3)37-20(31)28-16-11-38(34,35)18-9-15(24)14(23(32)33)8-17(18)29(19(16)30)10-12-4-6-13(7-5-12)36-22(25,26)27/h4-9,16,32-33H,10-11H2,1-3H3,(H,28,31)/t16-/m0/s1. The number of halogens is 4. The number of anilines is 1. The van der Waals surface area contributed by atoms with Crippen molar-refractivity contribution in [1.29, 1.82) is 0 Å². The number of nitrogens with one attached hydrogen (secondary N) is 1. The summed E-state index contributed by atoms with van der Waals surface area (Å²) < 4.78 is 87.2. The third-order valence-corrected chi connectivity index (χ3v) is 6.89. The lowest BCUT2D eigenvalue weighted by Crippen LogP contribution is -2.51. The van der Waals surface area contributed by atoms with Gasteiger partial charge in [0, 0.05) is 5.46 Å². The van der Waals surface area contributed by atoms with E-state index in [4.69, 9.17) is 4.74 Å². The van der Waals surface area contributed by atoms with Gasteiger partial charge in [-0.25, -0.2) is 17.6 Å².